The van der Waals surface area contributed by atoms with Crippen LogP contribution in [0.1, 0.15) is 92.3 Å². The van der Waals surface area contributed by atoms with E-state index in [4.69, 9.17) is 33.2 Å². The fourth-order valence-electron chi connectivity index (χ4n) is 11.1. The lowest BCUT2D eigenvalue weighted by Gasteiger charge is -2.67. The van der Waals surface area contributed by atoms with E-state index >= 15 is 9.59 Å². The van der Waals surface area contributed by atoms with E-state index < -0.39 is 119 Å². The topological polar surface area (TPSA) is 237 Å². The van der Waals surface area contributed by atoms with Gasteiger partial charge in [-0.3, -0.25) is 19.2 Å². The Labute approximate surface area is 415 Å². The predicted octanol–water partition coefficient (Wildman–Crippen LogP) is 6.10. The first-order chi connectivity index (χ1) is 34.2. The molecule has 3 N–H and O–H groups in total. The second kappa shape index (κ2) is 20.1. The van der Waals surface area contributed by atoms with Gasteiger partial charge in [-0.15, -0.1) is 0 Å². The van der Waals surface area contributed by atoms with E-state index in [1.165, 1.54) is 26.0 Å². The van der Waals surface area contributed by atoms with Crippen LogP contribution in [0.2, 0.25) is 0 Å². The van der Waals surface area contributed by atoms with Crippen molar-refractivity contribution in [3.05, 3.63) is 155 Å². The first-order valence-electron chi connectivity index (χ1n) is 23.6. The van der Waals surface area contributed by atoms with Gasteiger partial charge in [0.1, 0.15) is 36.6 Å². The highest BCUT2D eigenvalue weighted by atomic mass is 16.7. The molecule has 3 aliphatic carbocycles. The van der Waals surface area contributed by atoms with Crippen molar-refractivity contribution < 1.29 is 76.9 Å². The molecule has 1 heterocycles. The smallest absolute Gasteiger partial charge is 0.455 e. The van der Waals surface area contributed by atoms with Crippen molar-refractivity contribution >= 4 is 41.7 Å². The molecule has 17 heteroatoms. The zero-order valence-corrected chi connectivity index (χ0v) is 40.6. The third kappa shape index (κ3) is 9.27. The maximum absolute atomic E-state index is 15.7. The van der Waals surface area contributed by atoms with Gasteiger partial charge in [0.2, 0.25) is 6.10 Å². The van der Waals surface area contributed by atoms with Crippen LogP contribution in [0, 0.1) is 16.7 Å². The van der Waals surface area contributed by atoms with Gasteiger partial charge < -0.3 is 48.7 Å². The molecular formula is C55H57NO16. The Hall–Kier alpha value is -7.21. The predicted molar refractivity (Wildman–Crippen MR) is 253 cm³/mol. The fourth-order valence-corrected chi connectivity index (χ4v) is 11.1. The number of carbonyl (C=O) groups is 7. The lowest BCUT2D eigenvalue weighted by atomic mass is 9.44. The van der Waals surface area contributed by atoms with Gasteiger partial charge >= 0.3 is 30.0 Å². The minimum atomic E-state index is -2.47. The van der Waals surface area contributed by atoms with Crippen LogP contribution >= 0.6 is 0 Å². The van der Waals surface area contributed by atoms with Crippen molar-refractivity contribution in [1.29, 1.82) is 0 Å². The van der Waals surface area contributed by atoms with Crippen molar-refractivity contribution in [2.45, 2.75) is 115 Å². The van der Waals surface area contributed by atoms with E-state index in [0.717, 1.165) is 13.8 Å². The summed E-state index contributed by atoms with van der Waals surface area (Å²) in [6.45, 7) is 7.61. The number of nitrogens with one attached hydrogen (secondary N) is 1. The third-order valence-electron chi connectivity index (χ3n) is 14.9. The number of carbonyl (C=O) groups excluding carboxylic acids is 7. The number of hydrogen-bond donors (Lipinski definition) is 3. The Balaban J connectivity index is 1.29. The first-order valence-corrected chi connectivity index (χ1v) is 23.6. The normalized spacial score (nSPS) is 28.9. The molecule has 4 aromatic carbocycles. The molecule has 4 aromatic rings. The standard InChI is InChI=1S/C55H57NO16/c1-31-38(69-50(63)44(70-51(64)66-29-34-19-11-7-12-20-34)42(35-21-13-8-14-22-35)56-48(61)36-23-15-9-16-24-36)28-55(65)47(71-49(62)37-25-17-10-18-26-37)45-53(6,39(59)27-40-54(45,30-67-40)72-33(3)58)46(60)43(68-32(2)57)41(31)52(55,4)5/h7-26,38-40,42-45,47,59,65H,27-30H2,1-6H3,(H,56,61)/t38-,39-,40?,42-,43+,44+,45-,47-,53?,54-,55+/m0/s1. The minimum Gasteiger partial charge on any atom is -0.455 e. The van der Waals surface area contributed by atoms with Crippen LogP contribution in [-0.2, 0) is 58.9 Å². The van der Waals surface area contributed by atoms with Crippen molar-refractivity contribution in [2.24, 2.45) is 16.7 Å². The summed E-state index contributed by atoms with van der Waals surface area (Å²) < 4.78 is 42.1. The summed E-state index contributed by atoms with van der Waals surface area (Å²) in [4.78, 5) is 99.5. The molecule has 0 radical (unpaired) electrons. The zero-order chi connectivity index (χ0) is 51.8. The van der Waals surface area contributed by atoms with Crippen LogP contribution in [0.3, 0.4) is 0 Å². The van der Waals surface area contributed by atoms with Crippen molar-refractivity contribution in [1.82, 2.24) is 5.32 Å². The molecule has 2 bridgehead atoms. The Bertz CT molecular complexity index is 2750. The van der Waals surface area contributed by atoms with E-state index in [1.54, 1.807) is 123 Å². The summed E-state index contributed by atoms with van der Waals surface area (Å²) in [6.07, 6.45) is -12.2. The summed E-state index contributed by atoms with van der Waals surface area (Å²) in [5, 5.41) is 29.0. The van der Waals surface area contributed by atoms with E-state index in [9.17, 15) is 34.2 Å². The van der Waals surface area contributed by atoms with Crippen LogP contribution in [-0.4, -0.2) is 106 Å². The number of rotatable bonds is 13. The maximum Gasteiger partial charge on any atom is 0.509 e. The van der Waals surface area contributed by atoms with Crippen molar-refractivity contribution in [3.8, 4) is 0 Å². The van der Waals surface area contributed by atoms with Crippen LogP contribution < -0.4 is 5.32 Å². The van der Waals surface area contributed by atoms with Crippen molar-refractivity contribution in [2.75, 3.05) is 6.61 Å². The van der Waals surface area contributed by atoms with Crippen molar-refractivity contribution in [3.63, 3.8) is 0 Å². The Morgan fingerprint density at radius 1 is 0.778 bits per heavy atom. The first kappa shape index (κ1) is 51.2. The average Bonchev–Trinajstić information content (AvgIpc) is 3.36. The minimum absolute atomic E-state index is 0.0421. The van der Waals surface area contributed by atoms with Gasteiger partial charge in [-0.25, -0.2) is 14.4 Å². The molecule has 378 valence electrons. The monoisotopic (exact) mass is 987 g/mol. The SMILES string of the molecule is CC(=O)O[C@H]1C(=O)C2(C)[C@@H](O)CC3OC[C@@]3(OC(C)=O)[C@H]2[C@H](OC(=O)c2ccccc2)[C@]2(O)C[C@H](OC(=O)[C@H](OC(=O)OCc3ccccc3)[C@@H](NC(=O)c3ccccc3)c3ccccc3)C(C)=C1C2(C)C. The number of esters is 4. The van der Waals surface area contributed by atoms with Crippen LogP contribution in [0.15, 0.2) is 132 Å². The largest absolute Gasteiger partial charge is 0.509 e. The highest BCUT2D eigenvalue weighted by Gasteiger charge is 2.78. The van der Waals surface area contributed by atoms with E-state index in [-0.39, 0.29) is 41.9 Å². The molecule has 0 spiro atoms. The number of aliphatic hydroxyl groups excluding tert-OH is 1. The number of ether oxygens (including phenoxy) is 7. The average molecular weight is 988 g/mol. The van der Waals surface area contributed by atoms with Gasteiger partial charge in [-0.1, -0.05) is 111 Å². The van der Waals surface area contributed by atoms with Gasteiger partial charge in [0.15, 0.2) is 17.5 Å². The van der Waals surface area contributed by atoms with E-state index in [0.29, 0.717) is 11.1 Å². The number of fused-ring (bicyclic) bond motifs is 5. The quantitative estimate of drug-likeness (QED) is 0.0780. The van der Waals surface area contributed by atoms with Gasteiger partial charge in [0.25, 0.3) is 5.91 Å². The number of aliphatic hydroxyl groups is 2. The summed E-state index contributed by atoms with van der Waals surface area (Å²) in [6, 6.07) is 31.3. The second-order valence-electron chi connectivity index (χ2n) is 19.5. The number of benzene rings is 4. The van der Waals surface area contributed by atoms with Gasteiger partial charge in [0, 0.05) is 37.7 Å². The van der Waals surface area contributed by atoms with Gasteiger partial charge in [-0.2, -0.15) is 0 Å². The molecule has 8 rings (SSSR count). The number of hydrogen-bond acceptors (Lipinski definition) is 16. The summed E-state index contributed by atoms with van der Waals surface area (Å²) in [5.74, 6) is -7.10. The molecule has 2 saturated carbocycles. The molecule has 4 aliphatic rings. The molecule has 1 amide bonds. The summed E-state index contributed by atoms with van der Waals surface area (Å²) in [5.41, 5.74) is -6.92. The zero-order valence-electron chi connectivity index (χ0n) is 40.6. The van der Waals surface area contributed by atoms with Crippen LogP contribution in [0.4, 0.5) is 4.79 Å². The molecule has 1 saturated heterocycles. The third-order valence-corrected chi connectivity index (χ3v) is 14.9. The number of ketones is 1. The van der Waals surface area contributed by atoms with Crippen LogP contribution in [0.5, 0.6) is 0 Å². The summed E-state index contributed by atoms with van der Waals surface area (Å²) in [7, 11) is 0. The highest BCUT2D eigenvalue weighted by molar-refractivity contribution is 5.96. The maximum atomic E-state index is 15.7. The Morgan fingerprint density at radius 2 is 1.36 bits per heavy atom. The molecule has 11 atom stereocenters. The molecule has 1 aliphatic heterocycles. The van der Waals surface area contributed by atoms with Gasteiger partial charge in [-0.05, 0) is 60.4 Å². The molecule has 3 fully saturated rings. The molecule has 72 heavy (non-hydrogen) atoms. The molecule has 0 aromatic heterocycles. The fraction of sp³-hybridized carbons (Fsp3) is 0.400. The highest BCUT2D eigenvalue weighted by Crippen LogP contribution is 2.64. The van der Waals surface area contributed by atoms with E-state index in [1.807, 2.05) is 0 Å². The second-order valence-corrected chi connectivity index (χ2v) is 19.5. The Morgan fingerprint density at radius 3 is 1.93 bits per heavy atom. The van der Waals surface area contributed by atoms with E-state index in [2.05, 4.69) is 5.32 Å². The number of Topliss-reactive ketones (excluding diaryl/α,β-unsaturated/α-hetero) is 1. The lowest BCUT2D eigenvalue weighted by molar-refractivity contribution is -0.346. The number of amides is 1. The van der Waals surface area contributed by atoms with Gasteiger partial charge in [0.05, 0.1) is 29.6 Å². The Kier molecular flexibility index (Phi) is 14.3. The summed E-state index contributed by atoms with van der Waals surface area (Å²) >= 11 is 0. The lowest BCUT2D eigenvalue weighted by Crippen LogP contribution is -2.82. The van der Waals surface area contributed by atoms with Crippen LogP contribution in [0.25, 0.3) is 0 Å². The molecular weight excluding hydrogens is 931 g/mol. The molecule has 2 unspecified atom stereocenters. The molecule has 17 nitrogen and oxygen atoms in total.